The molecule has 0 saturated heterocycles. The molecule has 2 heterocycles. The maximum atomic E-state index is 10.5. The molecular formula is C18H15Cl2N5O. The van der Waals surface area contributed by atoms with Crippen LogP contribution < -0.4 is 0 Å². The third-order valence-corrected chi connectivity index (χ3v) is 5.05. The van der Waals surface area contributed by atoms with Crippen molar-refractivity contribution in [1.29, 1.82) is 0 Å². The maximum Gasteiger partial charge on any atom is 0.163 e. The Labute approximate surface area is 159 Å². The summed E-state index contributed by atoms with van der Waals surface area (Å²) in [6, 6.07) is 11.1. The van der Waals surface area contributed by atoms with Gasteiger partial charge >= 0.3 is 0 Å². The molecule has 1 unspecified atom stereocenters. The van der Waals surface area contributed by atoms with E-state index in [9.17, 15) is 5.11 Å². The summed E-state index contributed by atoms with van der Waals surface area (Å²) >= 11 is 12.6. The SMILES string of the molecule is Cc1nn(Cc2c(Cl)cccc2Cl)c2cc(C(O)c3nnc[nH]3)ccc12. The van der Waals surface area contributed by atoms with E-state index in [1.165, 1.54) is 6.33 Å². The first-order valence-corrected chi connectivity index (χ1v) is 8.74. The third kappa shape index (κ3) is 2.96. The number of H-pyrrole nitrogens is 1. The number of halogens is 2. The van der Waals surface area contributed by atoms with Gasteiger partial charge in [0.25, 0.3) is 0 Å². The van der Waals surface area contributed by atoms with Crippen LogP contribution in [0.4, 0.5) is 0 Å². The first-order valence-electron chi connectivity index (χ1n) is 7.98. The number of aromatic nitrogens is 5. The highest BCUT2D eigenvalue weighted by Crippen LogP contribution is 2.29. The van der Waals surface area contributed by atoms with Crippen molar-refractivity contribution in [2.75, 3.05) is 0 Å². The van der Waals surface area contributed by atoms with Gasteiger partial charge < -0.3 is 10.1 Å². The van der Waals surface area contributed by atoms with E-state index in [4.69, 9.17) is 23.2 Å². The molecule has 132 valence electrons. The van der Waals surface area contributed by atoms with Gasteiger partial charge in [-0.2, -0.15) is 5.10 Å². The Hall–Kier alpha value is -2.41. The van der Waals surface area contributed by atoms with Crippen LogP contribution in [0.5, 0.6) is 0 Å². The summed E-state index contributed by atoms with van der Waals surface area (Å²) in [5.41, 5.74) is 3.28. The Morgan fingerprint density at radius 3 is 2.65 bits per heavy atom. The van der Waals surface area contributed by atoms with Crippen LogP contribution in [0.15, 0.2) is 42.7 Å². The number of benzene rings is 2. The molecule has 0 saturated carbocycles. The van der Waals surface area contributed by atoms with E-state index in [1.807, 2.05) is 35.9 Å². The highest BCUT2D eigenvalue weighted by molar-refractivity contribution is 6.36. The van der Waals surface area contributed by atoms with Crippen molar-refractivity contribution < 1.29 is 5.11 Å². The number of nitrogens with one attached hydrogen (secondary N) is 1. The Kier molecular flexibility index (Phi) is 4.40. The molecule has 0 amide bonds. The number of aliphatic hydroxyl groups excluding tert-OH is 1. The smallest absolute Gasteiger partial charge is 0.163 e. The van der Waals surface area contributed by atoms with E-state index < -0.39 is 6.10 Å². The van der Waals surface area contributed by atoms with Crippen molar-refractivity contribution in [3.8, 4) is 0 Å². The quantitative estimate of drug-likeness (QED) is 0.556. The molecular weight excluding hydrogens is 373 g/mol. The van der Waals surface area contributed by atoms with E-state index in [-0.39, 0.29) is 0 Å². The van der Waals surface area contributed by atoms with Crippen LogP contribution in [0, 0.1) is 6.92 Å². The van der Waals surface area contributed by atoms with Gasteiger partial charge in [-0.1, -0.05) is 41.4 Å². The van der Waals surface area contributed by atoms with E-state index in [2.05, 4.69) is 20.3 Å². The minimum absolute atomic E-state index is 0.390. The summed E-state index contributed by atoms with van der Waals surface area (Å²) in [6.07, 6.45) is 0.541. The number of hydrogen-bond donors (Lipinski definition) is 2. The van der Waals surface area contributed by atoms with Crippen molar-refractivity contribution in [3.05, 3.63) is 75.4 Å². The Balaban J connectivity index is 1.79. The standard InChI is InChI=1S/C18H15Cl2N5O/c1-10-12-6-5-11(17(26)18-21-9-22-23-18)7-16(12)25(24-10)8-13-14(19)3-2-4-15(13)20/h2-7,9,17,26H,8H2,1H3,(H,21,22,23). The topological polar surface area (TPSA) is 79.6 Å². The molecule has 6 nitrogen and oxygen atoms in total. The maximum absolute atomic E-state index is 10.5. The lowest BCUT2D eigenvalue weighted by Crippen LogP contribution is -2.05. The number of aliphatic hydroxyl groups is 1. The van der Waals surface area contributed by atoms with Crippen LogP contribution in [-0.4, -0.2) is 30.1 Å². The van der Waals surface area contributed by atoms with Gasteiger partial charge in [0.1, 0.15) is 12.4 Å². The highest BCUT2D eigenvalue weighted by atomic mass is 35.5. The summed E-state index contributed by atoms with van der Waals surface area (Å²) in [5.74, 6) is 0.390. The summed E-state index contributed by atoms with van der Waals surface area (Å²) in [4.78, 5) is 2.83. The molecule has 0 radical (unpaired) electrons. The van der Waals surface area contributed by atoms with Crippen molar-refractivity contribution in [3.63, 3.8) is 0 Å². The van der Waals surface area contributed by atoms with Crippen molar-refractivity contribution in [1.82, 2.24) is 25.0 Å². The zero-order chi connectivity index (χ0) is 18.3. The lowest BCUT2D eigenvalue weighted by Gasteiger charge is -2.10. The van der Waals surface area contributed by atoms with Gasteiger partial charge in [-0.25, -0.2) is 0 Å². The van der Waals surface area contributed by atoms with Gasteiger partial charge in [0.05, 0.1) is 17.8 Å². The second kappa shape index (κ2) is 6.72. The minimum atomic E-state index is -0.894. The van der Waals surface area contributed by atoms with Crippen LogP contribution in [0.1, 0.15) is 28.7 Å². The lowest BCUT2D eigenvalue weighted by molar-refractivity contribution is 0.210. The van der Waals surface area contributed by atoms with Gasteiger partial charge in [-0.05, 0) is 30.7 Å². The minimum Gasteiger partial charge on any atom is -0.380 e. The average molecular weight is 388 g/mol. The van der Waals surface area contributed by atoms with Gasteiger partial charge in [0.15, 0.2) is 5.82 Å². The van der Waals surface area contributed by atoms with Crippen LogP contribution >= 0.6 is 23.2 Å². The Morgan fingerprint density at radius 2 is 1.96 bits per heavy atom. The van der Waals surface area contributed by atoms with E-state index in [0.29, 0.717) is 28.0 Å². The molecule has 0 spiro atoms. The summed E-state index contributed by atoms with van der Waals surface area (Å²) in [5, 5.41) is 24.9. The second-order valence-corrected chi connectivity index (χ2v) is 6.81. The molecule has 0 aliphatic rings. The van der Waals surface area contributed by atoms with Crippen LogP contribution in [0.3, 0.4) is 0 Å². The molecule has 4 aromatic rings. The summed E-state index contributed by atoms with van der Waals surface area (Å²) in [6.45, 7) is 2.38. The number of aryl methyl sites for hydroxylation is 1. The van der Waals surface area contributed by atoms with Crippen molar-refractivity contribution in [2.24, 2.45) is 0 Å². The van der Waals surface area contributed by atoms with E-state index >= 15 is 0 Å². The first-order chi connectivity index (χ1) is 12.5. The zero-order valence-corrected chi connectivity index (χ0v) is 15.3. The fourth-order valence-electron chi connectivity index (χ4n) is 2.99. The van der Waals surface area contributed by atoms with Gasteiger partial charge in [-0.3, -0.25) is 4.68 Å². The monoisotopic (exact) mass is 387 g/mol. The largest absolute Gasteiger partial charge is 0.380 e. The van der Waals surface area contributed by atoms with Crippen molar-refractivity contribution >= 4 is 34.1 Å². The number of fused-ring (bicyclic) bond motifs is 1. The molecule has 2 aromatic heterocycles. The average Bonchev–Trinajstić information content (AvgIpc) is 3.26. The zero-order valence-electron chi connectivity index (χ0n) is 13.8. The molecule has 26 heavy (non-hydrogen) atoms. The van der Waals surface area contributed by atoms with Gasteiger partial charge in [0, 0.05) is 21.0 Å². The summed E-state index contributed by atoms with van der Waals surface area (Å²) < 4.78 is 1.84. The number of nitrogens with zero attached hydrogens (tertiary/aromatic N) is 4. The molecule has 2 N–H and O–H groups in total. The molecule has 0 aliphatic heterocycles. The lowest BCUT2D eigenvalue weighted by atomic mass is 10.1. The molecule has 0 bridgehead atoms. The fraction of sp³-hybridized carbons (Fsp3) is 0.167. The van der Waals surface area contributed by atoms with Crippen LogP contribution in [0.25, 0.3) is 10.9 Å². The number of hydrogen-bond acceptors (Lipinski definition) is 4. The molecule has 0 aliphatic carbocycles. The summed E-state index contributed by atoms with van der Waals surface area (Å²) in [7, 11) is 0. The van der Waals surface area contributed by atoms with E-state index in [1.54, 1.807) is 12.1 Å². The second-order valence-electron chi connectivity index (χ2n) is 6.00. The van der Waals surface area contributed by atoms with Crippen LogP contribution in [-0.2, 0) is 6.54 Å². The van der Waals surface area contributed by atoms with Crippen molar-refractivity contribution in [2.45, 2.75) is 19.6 Å². The first kappa shape index (κ1) is 17.0. The Bertz CT molecular complexity index is 1050. The number of aromatic amines is 1. The molecule has 0 fully saturated rings. The van der Waals surface area contributed by atoms with E-state index in [0.717, 1.165) is 22.2 Å². The predicted octanol–water partition coefficient (Wildman–Crippen LogP) is 3.90. The normalized spacial score (nSPS) is 12.6. The molecule has 4 rings (SSSR count). The number of rotatable bonds is 4. The molecule has 2 aromatic carbocycles. The van der Waals surface area contributed by atoms with Crippen LogP contribution in [0.2, 0.25) is 10.0 Å². The van der Waals surface area contributed by atoms with Gasteiger partial charge in [-0.15, -0.1) is 10.2 Å². The fourth-order valence-corrected chi connectivity index (χ4v) is 3.50. The molecule has 1 atom stereocenters. The Morgan fingerprint density at radius 1 is 1.19 bits per heavy atom. The van der Waals surface area contributed by atoms with Gasteiger partial charge in [0.2, 0.25) is 0 Å². The predicted molar refractivity (Wildman–Crippen MR) is 100 cm³/mol. The molecule has 8 heteroatoms. The highest BCUT2D eigenvalue weighted by Gasteiger charge is 2.17. The third-order valence-electron chi connectivity index (χ3n) is 4.34.